The second-order valence-electron chi connectivity index (χ2n) is 5.95. The first-order valence-electron chi connectivity index (χ1n) is 8.72. The Bertz CT molecular complexity index is 781. The third-order valence-electron chi connectivity index (χ3n) is 3.77. The number of aryl methyl sites for hydroxylation is 1. The van der Waals surface area contributed by atoms with Gasteiger partial charge in [0.2, 0.25) is 0 Å². The summed E-state index contributed by atoms with van der Waals surface area (Å²) in [6, 6.07) is 18.6. The molecule has 136 valence electrons. The van der Waals surface area contributed by atoms with Crippen LogP contribution in [0.1, 0.15) is 37.0 Å². The lowest BCUT2D eigenvalue weighted by Gasteiger charge is -2.14. The van der Waals surface area contributed by atoms with E-state index in [9.17, 15) is 0 Å². The highest BCUT2D eigenvalue weighted by Gasteiger charge is 2.11. The summed E-state index contributed by atoms with van der Waals surface area (Å²) in [5.41, 5.74) is 12.2. The molecular formula is C24H29NS. The number of hydrogen-bond acceptors (Lipinski definition) is 2. The van der Waals surface area contributed by atoms with Crippen LogP contribution in [0.3, 0.4) is 0 Å². The van der Waals surface area contributed by atoms with Crippen LogP contribution in [-0.2, 0) is 0 Å². The van der Waals surface area contributed by atoms with Crippen molar-refractivity contribution in [3.63, 3.8) is 0 Å². The van der Waals surface area contributed by atoms with Crippen molar-refractivity contribution >= 4 is 24.3 Å². The van der Waals surface area contributed by atoms with Crippen molar-refractivity contribution < 1.29 is 0 Å². The summed E-state index contributed by atoms with van der Waals surface area (Å²) in [5.74, 6) is 0. The molecule has 2 N–H and O–H groups in total. The molecule has 0 bridgehead atoms. The molecule has 1 nitrogen and oxygen atoms in total. The van der Waals surface area contributed by atoms with Gasteiger partial charge in [-0.25, -0.2) is 0 Å². The van der Waals surface area contributed by atoms with Gasteiger partial charge in [0.25, 0.3) is 0 Å². The summed E-state index contributed by atoms with van der Waals surface area (Å²) in [7, 11) is 0. The molecule has 2 rings (SSSR count). The monoisotopic (exact) mass is 363 g/mol. The molecular weight excluding hydrogens is 334 g/mol. The number of rotatable bonds is 5. The molecule has 0 aliphatic carbocycles. The van der Waals surface area contributed by atoms with Gasteiger partial charge in [0.05, 0.1) is 0 Å². The zero-order valence-corrected chi connectivity index (χ0v) is 16.9. The van der Waals surface area contributed by atoms with E-state index in [0.717, 1.165) is 39.3 Å². The fourth-order valence-electron chi connectivity index (χ4n) is 2.28. The van der Waals surface area contributed by atoms with E-state index in [0.29, 0.717) is 0 Å². The fraction of sp³-hybridized carbons (Fsp3) is 0.167. The van der Waals surface area contributed by atoms with Crippen molar-refractivity contribution in [2.24, 2.45) is 5.73 Å². The topological polar surface area (TPSA) is 26.0 Å². The van der Waals surface area contributed by atoms with E-state index < -0.39 is 0 Å². The Balaban J connectivity index is 0.00000105. The first-order valence-corrected chi connectivity index (χ1v) is 9.17. The molecule has 0 unspecified atom stereocenters. The Kier molecular flexibility index (Phi) is 9.32. The van der Waals surface area contributed by atoms with Gasteiger partial charge in [-0.15, -0.1) is 19.2 Å². The third kappa shape index (κ3) is 6.45. The second-order valence-corrected chi connectivity index (χ2v) is 6.40. The Morgan fingerprint density at radius 3 is 2.12 bits per heavy atom. The average Bonchev–Trinajstić information content (AvgIpc) is 2.67. The van der Waals surface area contributed by atoms with Crippen LogP contribution in [0, 0.1) is 6.92 Å². The van der Waals surface area contributed by atoms with E-state index in [-0.39, 0.29) is 0 Å². The van der Waals surface area contributed by atoms with Crippen molar-refractivity contribution in [1.82, 2.24) is 0 Å². The third-order valence-corrected chi connectivity index (χ3v) is 4.33. The Morgan fingerprint density at radius 2 is 1.62 bits per heavy atom. The maximum atomic E-state index is 6.06. The summed E-state index contributed by atoms with van der Waals surface area (Å²) in [6.07, 6.45) is 4.64. The number of thiol groups is 1. The van der Waals surface area contributed by atoms with Gasteiger partial charge in [0.1, 0.15) is 0 Å². The minimum atomic E-state index is 0.754. The van der Waals surface area contributed by atoms with Crippen LogP contribution in [0.5, 0.6) is 0 Å². The second kappa shape index (κ2) is 11.2. The molecule has 0 aliphatic rings. The van der Waals surface area contributed by atoms with Gasteiger partial charge in [-0.05, 0) is 48.6 Å². The van der Waals surface area contributed by atoms with Crippen molar-refractivity contribution in [2.45, 2.75) is 27.2 Å². The van der Waals surface area contributed by atoms with Crippen LogP contribution in [0.15, 0.2) is 90.0 Å². The lowest BCUT2D eigenvalue weighted by Crippen LogP contribution is -2.01. The van der Waals surface area contributed by atoms with Gasteiger partial charge < -0.3 is 5.73 Å². The zero-order valence-electron chi connectivity index (χ0n) is 16.0. The van der Waals surface area contributed by atoms with Gasteiger partial charge in [-0.3, -0.25) is 0 Å². The van der Waals surface area contributed by atoms with Crippen LogP contribution < -0.4 is 5.73 Å². The molecule has 26 heavy (non-hydrogen) atoms. The molecule has 0 radical (unpaired) electrons. The zero-order chi connectivity index (χ0) is 19.5. The molecule has 0 saturated heterocycles. The van der Waals surface area contributed by atoms with E-state index in [1.807, 2.05) is 32.0 Å². The molecule has 0 spiro atoms. The standard InChI is InChI=1S/C21H23NS.C3H6/c1-4-20(22)21(23)16(3)19(18-8-6-5-7-9-18)14-17-12-10-15(2)11-13-17;1-3-2/h5-14,23H,3-4,22H2,1-2H3;3H,1H2,2H3/b19-14-,21-20-;. The molecule has 2 heteroatoms. The number of nitrogens with two attached hydrogens (primary N) is 1. The average molecular weight is 364 g/mol. The fourth-order valence-corrected chi connectivity index (χ4v) is 2.56. The Morgan fingerprint density at radius 1 is 1.08 bits per heavy atom. The Labute approximate surface area is 164 Å². The van der Waals surface area contributed by atoms with Crippen molar-refractivity contribution in [1.29, 1.82) is 0 Å². The van der Waals surface area contributed by atoms with Gasteiger partial charge in [-0.2, -0.15) is 0 Å². The maximum absolute atomic E-state index is 6.06. The predicted molar refractivity (Wildman–Crippen MR) is 121 cm³/mol. The summed E-state index contributed by atoms with van der Waals surface area (Å²) < 4.78 is 0. The van der Waals surface area contributed by atoms with E-state index >= 15 is 0 Å². The van der Waals surface area contributed by atoms with Gasteiger partial charge >= 0.3 is 0 Å². The first kappa shape index (κ1) is 21.6. The van der Waals surface area contributed by atoms with E-state index in [1.54, 1.807) is 6.08 Å². The molecule has 2 aromatic carbocycles. The Hall–Kier alpha value is -2.45. The maximum Gasteiger partial charge on any atom is 0.0301 e. The largest absolute Gasteiger partial charge is 0.401 e. The quantitative estimate of drug-likeness (QED) is 0.260. The van der Waals surface area contributed by atoms with Gasteiger partial charge in [-0.1, -0.05) is 79.7 Å². The molecule has 0 aromatic heterocycles. The highest BCUT2D eigenvalue weighted by Crippen LogP contribution is 2.32. The van der Waals surface area contributed by atoms with E-state index in [4.69, 9.17) is 5.73 Å². The predicted octanol–water partition coefficient (Wildman–Crippen LogP) is 6.79. The number of allylic oxidation sites excluding steroid dienone is 4. The van der Waals surface area contributed by atoms with Crippen LogP contribution in [-0.4, -0.2) is 0 Å². The smallest absolute Gasteiger partial charge is 0.0301 e. The SMILES string of the molecule is C=C(/C(S)=C(/N)CC)/C(=C/c1ccc(C)cc1)c1ccccc1.C=CC. The van der Waals surface area contributed by atoms with Crippen LogP contribution in [0.2, 0.25) is 0 Å². The van der Waals surface area contributed by atoms with Crippen molar-refractivity contribution in [2.75, 3.05) is 0 Å². The molecule has 0 atom stereocenters. The highest BCUT2D eigenvalue weighted by atomic mass is 32.1. The van der Waals surface area contributed by atoms with E-state index in [2.05, 4.69) is 75.2 Å². The summed E-state index contributed by atoms with van der Waals surface area (Å²) in [6.45, 7) is 13.6. The summed E-state index contributed by atoms with van der Waals surface area (Å²) in [5, 5.41) is 0. The number of hydrogen-bond donors (Lipinski definition) is 2. The normalized spacial score (nSPS) is 11.8. The minimum absolute atomic E-state index is 0.754. The molecule has 0 amide bonds. The lowest BCUT2D eigenvalue weighted by molar-refractivity contribution is 1.06. The van der Waals surface area contributed by atoms with Crippen LogP contribution in [0.4, 0.5) is 0 Å². The number of benzene rings is 2. The van der Waals surface area contributed by atoms with Crippen LogP contribution >= 0.6 is 12.6 Å². The molecule has 0 saturated carbocycles. The molecule has 0 fully saturated rings. The van der Waals surface area contributed by atoms with E-state index in [1.165, 1.54) is 5.56 Å². The van der Waals surface area contributed by atoms with Crippen LogP contribution in [0.25, 0.3) is 11.6 Å². The minimum Gasteiger partial charge on any atom is -0.401 e. The lowest BCUT2D eigenvalue weighted by atomic mass is 9.95. The highest BCUT2D eigenvalue weighted by molar-refractivity contribution is 7.84. The van der Waals surface area contributed by atoms with Crippen molar-refractivity contribution in [3.05, 3.63) is 107 Å². The first-order chi connectivity index (χ1) is 12.4. The summed E-state index contributed by atoms with van der Waals surface area (Å²) in [4.78, 5) is 0.759. The van der Waals surface area contributed by atoms with Crippen molar-refractivity contribution in [3.8, 4) is 0 Å². The molecule has 0 aliphatic heterocycles. The molecule has 0 heterocycles. The molecule has 2 aromatic rings. The van der Waals surface area contributed by atoms with Gasteiger partial charge in [0, 0.05) is 10.6 Å². The van der Waals surface area contributed by atoms with Gasteiger partial charge in [0.15, 0.2) is 0 Å². The summed E-state index contributed by atoms with van der Waals surface area (Å²) >= 11 is 4.59.